The number of hydrogen-bond donors (Lipinski definition) is 2. The third-order valence-corrected chi connectivity index (χ3v) is 5.80. The summed E-state index contributed by atoms with van der Waals surface area (Å²) in [5.41, 5.74) is 2.11. The number of rotatable bonds is 7. The van der Waals surface area contributed by atoms with E-state index in [1.165, 1.54) is 4.90 Å². The van der Waals surface area contributed by atoms with Gasteiger partial charge in [-0.3, -0.25) is 9.69 Å². The number of H-pyrrole nitrogens is 1. The minimum absolute atomic E-state index is 0.0689. The molecule has 31 heavy (non-hydrogen) atoms. The summed E-state index contributed by atoms with van der Waals surface area (Å²) in [5, 5.41) is 3.26. The maximum Gasteiger partial charge on any atom is 0.275 e. The van der Waals surface area contributed by atoms with Gasteiger partial charge in [-0.2, -0.15) is 0 Å². The van der Waals surface area contributed by atoms with Gasteiger partial charge in [0.15, 0.2) is 6.54 Å². The molecule has 3 aromatic rings. The molecule has 6 nitrogen and oxygen atoms in total. The van der Waals surface area contributed by atoms with Crippen LogP contribution in [0.25, 0.3) is 0 Å². The van der Waals surface area contributed by atoms with E-state index in [9.17, 15) is 4.79 Å². The van der Waals surface area contributed by atoms with Gasteiger partial charge < -0.3 is 15.0 Å². The van der Waals surface area contributed by atoms with Crippen LogP contribution in [0.2, 0.25) is 0 Å². The predicted molar refractivity (Wildman–Crippen MR) is 120 cm³/mol. The van der Waals surface area contributed by atoms with E-state index in [1.54, 1.807) is 7.11 Å². The van der Waals surface area contributed by atoms with Crippen LogP contribution >= 0.6 is 0 Å². The van der Waals surface area contributed by atoms with E-state index in [2.05, 4.69) is 33.4 Å². The maximum absolute atomic E-state index is 13.0. The summed E-state index contributed by atoms with van der Waals surface area (Å²) in [6, 6.07) is 23.9. The number of carbonyl (C=O) groups is 1. The Morgan fingerprint density at radius 1 is 1.00 bits per heavy atom. The van der Waals surface area contributed by atoms with Crippen LogP contribution in [0.1, 0.15) is 17.2 Å². The summed E-state index contributed by atoms with van der Waals surface area (Å²) in [6.45, 7) is 4.22. The van der Waals surface area contributed by atoms with Crippen molar-refractivity contribution in [2.45, 2.75) is 6.04 Å². The van der Waals surface area contributed by atoms with E-state index in [4.69, 9.17) is 4.74 Å². The lowest BCUT2D eigenvalue weighted by molar-refractivity contribution is -0.892. The number of quaternary nitrogens is 1. The van der Waals surface area contributed by atoms with Crippen molar-refractivity contribution in [1.29, 1.82) is 0 Å². The highest BCUT2D eigenvalue weighted by molar-refractivity contribution is 5.78. The van der Waals surface area contributed by atoms with Crippen LogP contribution < -0.4 is 24.8 Å². The first-order chi connectivity index (χ1) is 15.2. The van der Waals surface area contributed by atoms with Crippen molar-refractivity contribution < 1.29 is 19.4 Å². The van der Waals surface area contributed by atoms with Gasteiger partial charge in [-0.1, -0.05) is 48.5 Å². The number of hydrogen-bond acceptors (Lipinski definition) is 3. The van der Waals surface area contributed by atoms with E-state index < -0.39 is 0 Å². The number of pyridine rings is 1. The summed E-state index contributed by atoms with van der Waals surface area (Å²) in [6.07, 6.45) is 1.95. The van der Waals surface area contributed by atoms with Gasteiger partial charge in [-0.05, 0) is 29.3 Å². The first-order valence-corrected chi connectivity index (χ1v) is 10.8. The number of carbonyl (C=O) groups excluding carboxylic acids is 1. The third-order valence-electron chi connectivity index (χ3n) is 5.80. The van der Waals surface area contributed by atoms with E-state index in [1.807, 2.05) is 60.8 Å². The van der Waals surface area contributed by atoms with Crippen LogP contribution in [0.15, 0.2) is 79.0 Å². The average Bonchev–Trinajstić information content (AvgIpc) is 2.84. The van der Waals surface area contributed by atoms with Crippen molar-refractivity contribution in [1.82, 2.24) is 5.32 Å². The predicted octanol–water partition coefficient (Wildman–Crippen LogP) is 1.12. The molecule has 160 valence electrons. The lowest BCUT2D eigenvalue weighted by Gasteiger charge is -2.28. The Labute approximate surface area is 183 Å². The molecule has 2 heterocycles. The lowest BCUT2D eigenvalue weighted by atomic mass is 9.98. The Morgan fingerprint density at radius 3 is 2.32 bits per heavy atom. The Morgan fingerprint density at radius 2 is 1.68 bits per heavy atom. The molecule has 1 aromatic heterocycles. The topological polar surface area (TPSA) is 60.1 Å². The standard InChI is InChI=1S/C25H28N4O2/c1-31-22-12-10-21(11-13-22)25(20-7-3-2-4-8-20)27-24(30)19-28-15-17-29(18-16-28)23-9-5-6-14-26-23/h2-14,25H,15-19H2,1H3,(H,27,30)/p+2/t25-/m0/s1. The van der Waals surface area contributed by atoms with Crippen LogP contribution in [0, 0.1) is 0 Å². The van der Waals surface area contributed by atoms with Gasteiger partial charge in [0, 0.05) is 6.07 Å². The largest absolute Gasteiger partial charge is 0.497 e. The molecule has 0 spiro atoms. The molecule has 1 amide bonds. The van der Waals surface area contributed by atoms with Gasteiger partial charge in [0.05, 0.1) is 19.3 Å². The molecule has 1 atom stereocenters. The zero-order valence-corrected chi connectivity index (χ0v) is 17.9. The molecule has 2 aromatic carbocycles. The fourth-order valence-corrected chi connectivity index (χ4v) is 4.06. The molecule has 1 fully saturated rings. The third kappa shape index (κ3) is 5.41. The smallest absolute Gasteiger partial charge is 0.275 e. The molecule has 3 N–H and O–H groups in total. The minimum atomic E-state index is -0.181. The highest BCUT2D eigenvalue weighted by atomic mass is 16.5. The summed E-state index contributed by atoms with van der Waals surface area (Å²) in [5.74, 6) is 2.01. The first-order valence-electron chi connectivity index (χ1n) is 10.8. The van der Waals surface area contributed by atoms with Gasteiger partial charge in [-0.25, -0.2) is 4.98 Å². The highest BCUT2D eigenvalue weighted by Crippen LogP contribution is 2.24. The number of anilines is 1. The Hall–Kier alpha value is -3.38. The molecular formula is C25H30N4O2+2. The molecule has 1 saturated heterocycles. The summed E-state index contributed by atoms with van der Waals surface area (Å²) < 4.78 is 5.28. The van der Waals surface area contributed by atoms with E-state index in [0.29, 0.717) is 6.54 Å². The number of amides is 1. The fraction of sp³-hybridized carbons (Fsp3) is 0.280. The van der Waals surface area contributed by atoms with Crippen molar-refractivity contribution in [3.63, 3.8) is 0 Å². The molecule has 1 aliphatic rings. The summed E-state index contributed by atoms with van der Waals surface area (Å²) in [7, 11) is 1.66. The van der Waals surface area contributed by atoms with Gasteiger partial charge >= 0.3 is 0 Å². The molecule has 4 rings (SSSR count). The van der Waals surface area contributed by atoms with Crippen LogP contribution in [0.3, 0.4) is 0 Å². The number of methoxy groups -OCH3 is 1. The van der Waals surface area contributed by atoms with E-state index >= 15 is 0 Å². The Balaban J connectivity index is 1.39. The van der Waals surface area contributed by atoms with Crippen molar-refractivity contribution in [3.8, 4) is 5.75 Å². The Bertz CT molecular complexity index is 956. The van der Waals surface area contributed by atoms with Crippen molar-refractivity contribution in [2.24, 2.45) is 0 Å². The van der Waals surface area contributed by atoms with Crippen LogP contribution in [-0.2, 0) is 4.79 Å². The van der Waals surface area contributed by atoms with Gasteiger partial charge in [-0.15, -0.1) is 0 Å². The van der Waals surface area contributed by atoms with Crippen LogP contribution in [-0.4, -0.2) is 45.7 Å². The number of nitrogens with zero attached hydrogens (tertiary/aromatic N) is 1. The number of aromatic nitrogens is 1. The average molecular weight is 419 g/mol. The number of nitrogens with one attached hydrogen (secondary N) is 3. The molecule has 6 heteroatoms. The van der Waals surface area contributed by atoms with Crippen molar-refractivity contribution >= 4 is 11.7 Å². The number of ether oxygens (including phenoxy) is 1. The Kier molecular flexibility index (Phi) is 6.79. The second kappa shape index (κ2) is 10.1. The number of benzene rings is 2. The van der Waals surface area contributed by atoms with E-state index in [-0.39, 0.29) is 11.9 Å². The number of piperazine rings is 1. The maximum atomic E-state index is 13.0. The molecular weight excluding hydrogens is 388 g/mol. The molecule has 0 unspecified atom stereocenters. The second-order valence-corrected chi connectivity index (χ2v) is 7.85. The molecule has 1 aliphatic heterocycles. The normalized spacial score (nSPS) is 15.3. The molecule has 0 saturated carbocycles. The zero-order chi connectivity index (χ0) is 21.5. The zero-order valence-electron chi connectivity index (χ0n) is 17.9. The molecule has 0 bridgehead atoms. The summed E-state index contributed by atoms with van der Waals surface area (Å²) in [4.78, 5) is 19.9. The van der Waals surface area contributed by atoms with E-state index in [0.717, 1.165) is 48.9 Å². The van der Waals surface area contributed by atoms with Gasteiger partial charge in [0.1, 0.15) is 31.9 Å². The van der Waals surface area contributed by atoms with Gasteiger partial charge in [0.2, 0.25) is 0 Å². The summed E-state index contributed by atoms with van der Waals surface area (Å²) >= 11 is 0. The molecule has 0 radical (unpaired) electrons. The minimum Gasteiger partial charge on any atom is -0.497 e. The van der Waals surface area contributed by atoms with Crippen LogP contribution in [0.4, 0.5) is 5.82 Å². The van der Waals surface area contributed by atoms with Crippen molar-refractivity contribution in [3.05, 3.63) is 90.1 Å². The van der Waals surface area contributed by atoms with Crippen LogP contribution in [0.5, 0.6) is 5.75 Å². The molecule has 0 aliphatic carbocycles. The fourth-order valence-electron chi connectivity index (χ4n) is 4.06. The monoisotopic (exact) mass is 418 g/mol. The lowest BCUT2D eigenvalue weighted by Crippen LogP contribution is -3.16. The SMILES string of the molecule is COc1ccc([C@@H](NC(=O)C[NH+]2CCN(c3cccc[nH+]3)CC2)c2ccccc2)cc1. The number of aromatic amines is 1. The van der Waals surface area contributed by atoms with Gasteiger partial charge in [0.25, 0.3) is 11.7 Å². The first kappa shape index (κ1) is 20.9. The quantitative estimate of drug-likeness (QED) is 0.605. The highest BCUT2D eigenvalue weighted by Gasteiger charge is 2.28. The second-order valence-electron chi connectivity index (χ2n) is 7.85. The van der Waals surface area contributed by atoms with Crippen molar-refractivity contribution in [2.75, 3.05) is 44.7 Å².